The average molecular weight is 104 g/mol. The first-order valence-corrected chi connectivity index (χ1v) is 2.39. The van der Waals surface area contributed by atoms with E-state index in [1.54, 1.807) is 0 Å². The Morgan fingerprint density at radius 3 is 2.50 bits per heavy atom. The lowest BCUT2D eigenvalue weighted by Gasteiger charge is -1.88. The van der Waals surface area contributed by atoms with Gasteiger partial charge in [0, 0.05) is 0 Å². The van der Waals surface area contributed by atoms with Gasteiger partial charge in [-0.2, -0.15) is 0 Å². The third kappa shape index (κ3) is 2.22. The molecule has 0 aliphatic rings. The van der Waals surface area contributed by atoms with Gasteiger partial charge in [0.15, 0.2) is 0 Å². The maximum atomic E-state index is 9.94. The Hall–Kier alpha value is -0.0351. The van der Waals surface area contributed by atoms with Crippen molar-refractivity contribution in [3.63, 3.8) is 0 Å². The summed E-state index contributed by atoms with van der Waals surface area (Å²) in [5.74, 6) is -0.194. The summed E-state index contributed by atoms with van der Waals surface area (Å²) < 4.78 is 4.24. The molecule has 0 aliphatic heterocycles. The van der Waals surface area contributed by atoms with Crippen LogP contribution in [-0.2, 0) is 9.45 Å². The van der Waals surface area contributed by atoms with Crippen molar-refractivity contribution in [2.75, 3.05) is 6.16 Å². The third-order valence-corrected chi connectivity index (χ3v) is 0.728. The molecule has 0 spiro atoms. The molecule has 0 saturated carbocycles. The lowest BCUT2D eigenvalue weighted by Crippen LogP contribution is -2.00. The quantitative estimate of drug-likeness (QED) is 0.313. The molecule has 0 heterocycles. The smallest absolute Gasteiger partial charge is 0.325 e. The molecule has 0 fully saturated rings. The van der Waals surface area contributed by atoms with Gasteiger partial charge < -0.3 is 4.65 Å². The highest BCUT2D eigenvalue weighted by Gasteiger charge is 1.87. The Kier molecular flexibility index (Phi) is 3.15. The highest BCUT2D eigenvalue weighted by atomic mass is 31.0. The van der Waals surface area contributed by atoms with Crippen molar-refractivity contribution < 1.29 is 9.45 Å². The molecule has 0 amide bonds. The molecule has 0 aromatic rings. The summed E-state index contributed by atoms with van der Waals surface area (Å²) in [7, 11) is 3.63. The maximum absolute atomic E-state index is 9.94. The average Bonchev–Trinajstić information content (AvgIpc) is 1.65. The van der Waals surface area contributed by atoms with E-state index in [9.17, 15) is 4.79 Å². The van der Waals surface area contributed by atoms with Crippen molar-refractivity contribution in [2.24, 2.45) is 0 Å². The van der Waals surface area contributed by atoms with Crippen LogP contribution in [0.5, 0.6) is 0 Å². The summed E-state index contributed by atoms with van der Waals surface area (Å²) in [6, 6.07) is 0. The lowest BCUT2D eigenvalue weighted by molar-refractivity contribution is -0.131. The maximum Gasteiger partial charge on any atom is 0.325 e. The Labute approximate surface area is 39.9 Å². The summed E-state index contributed by atoms with van der Waals surface area (Å²) in [5.41, 5.74) is 0. The molecule has 6 heavy (non-hydrogen) atoms. The summed E-state index contributed by atoms with van der Waals surface area (Å²) >= 11 is 0. The van der Waals surface area contributed by atoms with Crippen molar-refractivity contribution in [3.05, 3.63) is 0 Å². The minimum atomic E-state index is -0.194. The van der Waals surface area contributed by atoms with Crippen molar-refractivity contribution in [2.45, 2.75) is 0 Å². The molecule has 2 nitrogen and oxygen atoms in total. The number of carbonyl (C=O) groups is 1. The van der Waals surface area contributed by atoms with E-state index in [-0.39, 0.29) is 5.97 Å². The molecule has 34 valence electrons. The summed E-state index contributed by atoms with van der Waals surface area (Å²) in [4.78, 5) is 9.94. The zero-order chi connectivity index (χ0) is 4.99. The van der Waals surface area contributed by atoms with Gasteiger partial charge in [0.2, 0.25) is 0 Å². The van der Waals surface area contributed by atoms with Gasteiger partial charge in [-0.1, -0.05) is 0 Å². The fourth-order valence-electron chi connectivity index (χ4n) is 0.0833. The van der Waals surface area contributed by atoms with Crippen molar-refractivity contribution in [1.29, 1.82) is 0 Å². The largest absolute Gasteiger partial charge is 0.543 e. The molecular weight excluding hydrogens is 97.8 g/mol. The van der Waals surface area contributed by atoms with Gasteiger partial charge in [-0.15, -0.1) is 9.24 Å². The van der Waals surface area contributed by atoms with Gasteiger partial charge in [-0.25, -0.2) is 0 Å². The molecule has 4 heteroatoms. The van der Waals surface area contributed by atoms with Crippen LogP contribution in [0.4, 0.5) is 0 Å². The van der Waals surface area contributed by atoms with Crippen LogP contribution in [0.15, 0.2) is 0 Å². The van der Waals surface area contributed by atoms with E-state index in [0.717, 1.165) is 0 Å². The van der Waals surface area contributed by atoms with Crippen molar-refractivity contribution in [3.8, 4) is 0 Å². The Balaban J connectivity index is 2.99. The predicted molar refractivity (Wildman–Crippen MR) is 29.2 cm³/mol. The highest BCUT2D eigenvalue weighted by molar-refractivity contribution is 7.18. The summed E-state index contributed by atoms with van der Waals surface area (Å²) in [6.45, 7) is 0. The van der Waals surface area contributed by atoms with Crippen LogP contribution >= 0.6 is 9.24 Å². The van der Waals surface area contributed by atoms with Gasteiger partial charge in [-0.3, -0.25) is 4.79 Å². The van der Waals surface area contributed by atoms with Gasteiger partial charge in [0.1, 0.15) is 0 Å². The predicted octanol–water partition coefficient (Wildman–Crippen LogP) is -1.05. The number of carbonyl (C=O) groups excluding carboxylic acids is 1. The normalized spacial score (nSPS) is 7.50. The van der Waals surface area contributed by atoms with E-state index in [1.807, 2.05) is 0 Å². The van der Waals surface area contributed by atoms with Crippen LogP contribution < -0.4 is 0 Å². The Bertz CT molecular complexity index is 49.5. The van der Waals surface area contributed by atoms with Crippen LogP contribution in [-0.4, -0.2) is 20.2 Å². The summed E-state index contributed by atoms with van der Waals surface area (Å²) in [5, 5.41) is 0. The van der Waals surface area contributed by atoms with E-state index >= 15 is 0 Å². The fraction of sp³-hybridized carbons (Fsp3) is 0.500. The summed E-state index contributed by atoms with van der Waals surface area (Å²) in [6.07, 6.45) is 0.385. The zero-order valence-corrected chi connectivity index (χ0v) is 4.76. The zero-order valence-electron chi connectivity index (χ0n) is 3.60. The second-order valence-corrected chi connectivity index (χ2v) is 1.19. The van der Waals surface area contributed by atoms with Crippen LogP contribution in [0.1, 0.15) is 0 Å². The first kappa shape index (κ1) is 5.96. The third-order valence-electron chi connectivity index (χ3n) is 0.394. The van der Waals surface area contributed by atoms with Gasteiger partial charge in [0.25, 0.3) is 5.97 Å². The Morgan fingerprint density at radius 2 is 2.50 bits per heavy atom. The first-order valence-electron chi connectivity index (χ1n) is 1.58. The standard InChI is InChI=1S/C2H6BO2P/c3-5-2(4)1-6/h1,3,6H2. The molecular formula is C2H6BO2P. The number of hydrogen-bond acceptors (Lipinski definition) is 2. The molecule has 0 N–H and O–H groups in total. The van der Waals surface area contributed by atoms with Crippen LogP contribution in [0, 0.1) is 0 Å². The molecule has 0 saturated heterocycles. The molecule has 1 atom stereocenters. The second-order valence-electron chi connectivity index (χ2n) is 0.780. The van der Waals surface area contributed by atoms with E-state index < -0.39 is 0 Å². The van der Waals surface area contributed by atoms with Crippen LogP contribution in [0.25, 0.3) is 0 Å². The van der Waals surface area contributed by atoms with Crippen LogP contribution in [0.2, 0.25) is 0 Å². The minimum absolute atomic E-state index is 0.194. The molecule has 0 aromatic carbocycles. The second kappa shape index (κ2) is 3.17. The molecule has 0 radical (unpaired) electrons. The van der Waals surface area contributed by atoms with Gasteiger partial charge in [0.05, 0.1) is 6.16 Å². The van der Waals surface area contributed by atoms with Gasteiger partial charge in [-0.05, 0) is 0 Å². The SMILES string of the molecule is BOC(=O)CP. The van der Waals surface area contributed by atoms with Crippen molar-refractivity contribution in [1.82, 2.24) is 0 Å². The fourth-order valence-corrected chi connectivity index (χ4v) is 0.250. The highest BCUT2D eigenvalue weighted by Crippen LogP contribution is 1.79. The van der Waals surface area contributed by atoms with E-state index in [2.05, 4.69) is 13.9 Å². The topological polar surface area (TPSA) is 26.3 Å². The monoisotopic (exact) mass is 104 g/mol. The van der Waals surface area contributed by atoms with E-state index in [4.69, 9.17) is 0 Å². The van der Waals surface area contributed by atoms with Gasteiger partial charge >= 0.3 is 8.05 Å². The number of rotatable bonds is 1. The van der Waals surface area contributed by atoms with Crippen LogP contribution in [0.3, 0.4) is 0 Å². The van der Waals surface area contributed by atoms with E-state index in [1.165, 1.54) is 8.05 Å². The molecule has 0 aromatic heterocycles. The minimum Gasteiger partial charge on any atom is -0.543 e. The molecule has 0 bridgehead atoms. The van der Waals surface area contributed by atoms with E-state index in [0.29, 0.717) is 6.16 Å². The van der Waals surface area contributed by atoms with Crippen molar-refractivity contribution >= 4 is 23.3 Å². The first-order chi connectivity index (χ1) is 2.81. The lowest BCUT2D eigenvalue weighted by atomic mass is 10.6. The Morgan fingerprint density at radius 1 is 2.00 bits per heavy atom. The molecule has 0 rings (SSSR count). The molecule has 1 unspecified atom stereocenters. The number of hydrogen-bond donors (Lipinski definition) is 0. The molecule has 0 aliphatic carbocycles.